The molecule has 0 aliphatic carbocycles. The average molecular weight is 244 g/mol. The summed E-state index contributed by atoms with van der Waals surface area (Å²) in [6, 6.07) is 7.79. The SMILES string of the molecule is C[C@@H](O)C1C(=O)N2C=C(c3ccc(N)cc3)CC12. The number of nitrogen functional groups attached to an aromatic ring is 1. The molecule has 0 bridgehead atoms. The number of aliphatic hydroxyl groups is 1. The van der Waals surface area contributed by atoms with Crippen molar-refractivity contribution in [1.29, 1.82) is 0 Å². The van der Waals surface area contributed by atoms with Gasteiger partial charge in [-0.15, -0.1) is 0 Å². The Morgan fingerprint density at radius 3 is 2.67 bits per heavy atom. The molecule has 2 aliphatic rings. The zero-order chi connectivity index (χ0) is 12.9. The second kappa shape index (κ2) is 3.85. The number of nitrogens with zero attached hydrogens (tertiary/aromatic N) is 1. The lowest BCUT2D eigenvalue weighted by Crippen LogP contribution is -2.59. The van der Waals surface area contributed by atoms with Crippen LogP contribution in [0.25, 0.3) is 5.57 Å². The number of amides is 1. The van der Waals surface area contributed by atoms with Gasteiger partial charge in [0, 0.05) is 11.9 Å². The van der Waals surface area contributed by atoms with Crippen LogP contribution in [-0.4, -0.2) is 28.1 Å². The summed E-state index contributed by atoms with van der Waals surface area (Å²) in [6.07, 6.45) is 2.14. The number of fused-ring (bicyclic) bond motifs is 1. The Balaban J connectivity index is 1.83. The molecule has 1 aromatic carbocycles. The van der Waals surface area contributed by atoms with Crippen molar-refractivity contribution in [2.45, 2.75) is 25.5 Å². The van der Waals surface area contributed by atoms with Gasteiger partial charge in [0.15, 0.2) is 0 Å². The summed E-state index contributed by atoms with van der Waals surface area (Å²) in [7, 11) is 0. The van der Waals surface area contributed by atoms with Gasteiger partial charge >= 0.3 is 0 Å². The maximum atomic E-state index is 11.8. The monoisotopic (exact) mass is 244 g/mol. The molecule has 0 saturated carbocycles. The fraction of sp³-hybridized carbons (Fsp3) is 0.357. The molecular formula is C14H16N2O2. The van der Waals surface area contributed by atoms with Gasteiger partial charge in [-0.1, -0.05) is 12.1 Å². The van der Waals surface area contributed by atoms with Gasteiger partial charge in [0.2, 0.25) is 5.91 Å². The molecule has 3 rings (SSSR count). The summed E-state index contributed by atoms with van der Waals surface area (Å²) >= 11 is 0. The predicted octanol–water partition coefficient (Wildman–Crippen LogP) is 1.22. The Bertz CT molecular complexity index is 519. The van der Waals surface area contributed by atoms with Gasteiger partial charge in [0.1, 0.15) is 0 Å². The number of carbonyl (C=O) groups excluding carboxylic acids is 1. The molecule has 2 aliphatic heterocycles. The molecule has 1 fully saturated rings. The summed E-state index contributed by atoms with van der Waals surface area (Å²) in [5.74, 6) is -0.215. The number of aliphatic hydroxyl groups excluding tert-OH is 1. The maximum Gasteiger partial charge on any atom is 0.234 e. The second-order valence-electron chi connectivity index (χ2n) is 5.06. The van der Waals surface area contributed by atoms with E-state index in [-0.39, 0.29) is 17.9 Å². The summed E-state index contributed by atoms with van der Waals surface area (Å²) in [5, 5.41) is 9.60. The van der Waals surface area contributed by atoms with Gasteiger partial charge in [0.25, 0.3) is 0 Å². The van der Waals surface area contributed by atoms with Crippen LogP contribution in [0, 0.1) is 5.92 Å². The molecule has 3 atom stereocenters. The lowest BCUT2D eigenvalue weighted by Gasteiger charge is -2.43. The topological polar surface area (TPSA) is 66.6 Å². The number of benzene rings is 1. The van der Waals surface area contributed by atoms with Crippen LogP contribution in [0.2, 0.25) is 0 Å². The summed E-state index contributed by atoms with van der Waals surface area (Å²) in [6.45, 7) is 1.68. The van der Waals surface area contributed by atoms with Gasteiger partial charge in [-0.05, 0) is 36.6 Å². The van der Waals surface area contributed by atoms with Crippen molar-refractivity contribution in [2.24, 2.45) is 5.92 Å². The lowest BCUT2D eigenvalue weighted by atomic mass is 9.82. The van der Waals surface area contributed by atoms with Crippen LogP contribution in [0.4, 0.5) is 5.69 Å². The molecule has 4 nitrogen and oxygen atoms in total. The average Bonchev–Trinajstić information content (AvgIpc) is 2.69. The van der Waals surface area contributed by atoms with Gasteiger partial charge in [-0.3, -0.25) is 4.79 Å². The van der Waals surface area contributed by atoms with E-state index < -0.39 is 6.10 Å². The van der Waals surface area contributed by atoms with E-state index in [1.165, 1.54) is 0 Å². The van der Waals surface area contributed by atoms with Crippen molar-refractivity contribution in [3.8, 4) is 0 Å². The first-order valence-electron chi connectivity index (χ1n) is 6.15. The highest BCUT2D eigenvalue weighted by Gasteiger charge is 2.51. The van der Waals surface area contributed by atoms with E-state index in [9.17, 15) is 9.90 Å². The third kappa shape index (κ3) is 1.53. The first kappa shape index (κ1) is 11.3. The number of nitrogens with two attached hydrogens (primary N) is 1. The Hall–Kier alpha value is -1.81. The molecule has 2 unspecified atom stereocenters. The van der Waals surface area contributed by atoms with Crippen molar-refractivity contribution in [3.05, 3.63) is 36.0 Å². The molecule has 4 heteroatoms. The Morgan fingerprint density at radius 2 is 2.06 bits per heavy atom. The zero-order valence-corrected chi connectivity index (χ0v) is 10.2. The first-order chi connectivity index (χ1) is 8.58. The van der Waals surface area contributed by atoms with Crippen LogP contribution >= 0.6 is 0 Å². The fourth-order valence-corrected chi connectivity index (χ4v) is 2.84. The molecular weight excluding hydrogens is 228 g/mol. The standard InChI is InChI=1S/C14H16N2O2/c1-8(17)13-12-6-10(7-16(12)14(13)18)9-2-4-11(15)5-3-9/h2-5,7-8,12-13,17H,6,15H2,1H3/t8-,12?,13?/m1/s1. The highest BCUT2D eigenvalue weighted by molar-refractivity contribution is 5.92. The van der Waals surface area contributed by atoms with Crippen molar-refractivity contribution >= 4 is 17.2 Å². The molecule has 0 spiro atoms. The van der Waals surface area contributed by atoms with Gasteiger partial charge in [-0.2, -0.15) is 0 Å². The number of hydrogen-bond donors (Lipinski definition) is 2. The van der Waals surface area contributed by atoms with Crippen LogP contribution in [0.3, 0.4) is 0 Å². The molecule has 3 N–H and O–H groups in total. The fourth-order valence-electron chi connectivity index (χ4n) is 2.84. The summed E-state index contributed by atoms with van der Waals surface area (Å²) in [4.78, 5) is 13.6. The number of hydrogen-bond acceptors (Lipinski definition) is 3. The number of β-lactam (4-membered cyclic amide) rings is 1. The third-order valence-corrected chi connectivity index (χ3v) is 3.84. The minimum atomic E-state index is -0.571. The smallest absolute Gasteiger partial charge is 0.234 e. The van der Waals surface area contributed by atoms with Gasteiger partial charge in [-0.25, -0.2) is 0 Å². The van der Waals surface area contributed by atoms with Crippen LogP contribution in [0.15, 0.2) is 30.5 Å². The van der Waals surface area contributed by atoms with E-state index in [4.69, 9.17) is 5.73 Å². The zero-order valence-electron chi connectivity index (χ0n) is 10.2. The van der Waals surface area contributed by atoms with Crippen LogP contribution in [-0.2, 0) is 4.79 Å². The number of rotatable bonds is 2. The lowest BCUT2D eigenvalue weighted by molar-refractivity contribution is -0.156. The van der Waals surface area contributed by atoms with Gasteiger partial charge < -0.3 is 15.7 Å². The van der Waals surface area contributed by atoms with Crippen molar-refractivity contribution in [3.63, 3.8) is 0 Å². The van der Waals surface area contributed by atoms with E-state index in [2.05, 4.69) is 0 Å². The minimum absolute atomic E-state index is 0.0282. The Kier molecular flexibility index (Phi) is 2.41. The minimum Gasteiger partial charge on any atom is -0.399 e. The molecule has 2 heterocycles. The quantitative estimate of drug-likeness (QED) is 0.607. The highest BCUT2D eigenvalue weighted by atomic mass is 16.3. The molecule has 94 valence electrons. The van der Waals surface area contributed by atoms with Gasteiger partial charge in [0.05, 0.1) is 18.1 Å². The molecule has 0 radical (unpaired) electrons. The van der Waals surface area contributed by atoms with E-state index in [1.54, 1.807) is 11.8 Å². The normalized spacial score (nSPS) is 27.6. The van der Waals surface area contributed by atoms with Crippen molar-refractivity contribution in [1.82, 2.24) is 4.90 Å². The molecule has 1 aromatic rings. The first-order valence-corrected chi connectivity index (χ1v) is 6.15. The molecule has 1 amide bonds. The third-order valence-electron chi connectivity index (χ3n) is 3.84. The van der Waals surface area contributed by atoms with E-state index in [0.717, 1.165) is 23.2 Å². The second-order valence-corrected chi connectivity index (χ2v) is 5.06. The Morgan fingerprint density at radius 1 is 1.39 bits per heavy atom. The highest BCUT2D eigenvalue weighted by Crippen LogP contribution is 2.42. The van der Waals surface area contributed by atoms with E-state index >= 15 is 0 Å². The number of anilines is 1. The molecule has 1 saturated heterocycles. The largest absolute Gasteiger partial charge is 0.399 e. The van der Waals surface area contributed by atoms with Crippen molar-refractivity contribution in [2.75, 3.05) is 5.73 Å². The molecule has 18 heavy (non-hydrogen) atoms. The summed E-state index contributed by atoms with van der Waals surface area (Å²) in [5.41, 5.74) is 8.62. The Labute approximate surface area is 106 Å². The predicted molar refractivity (Wildman–Crippen MR) is 69.3 cm³/mol. The van der Waals surface area contributed by atoms with E-state index in [1.807, 2.05) is 30.5 Å². The molecule has 0 aromatic heterocycles. The summed E-state index contributed by atoms with van der Waals surface area (Å²) < 4.78 is 0. The maximum absolute atomic E-state index is 11.8. The van der Waals surface area contributed by atoms with Crippen LogP contribution < -0.4 is 5.73 Å². The van der Waals surface area contributed by atoms with Crippen LogP contribution in [0.1, 0.15) is 18.9 Å². The van der Waals surface area contributed by atoms with Crippen LogP contribution in [0.5, 0.6) is 0 Å². The number of carbonyl (C=O) groups is 1. The van der Waals surface area contributed by atoms with Crippen molar-refractivity contribution < 1.29 is 9.90 Å². The van der Waals surface area contributed by atoms with E-state index in [0.29, 0.717) is 0 Å².